The zero-order chi connectivity index (χ0) is 17.4. The Labute approximate surface area is 146 Å². The number of H-pyrrole nitrogens is 1. The predicted molar refractivity (Wildman–Crippen MR) is 92.8 cm³/mol. The van der Waals surface area contributed by atoms with E-state index >= 15 is 0 Å². The number of hydrogen-bond acceptors (Lipinski definition) is 3. The second-order valence-corrected chi connectivity index (χ2v) is 6.97. The van der Waals surface area contributed by atoms with Gasteiger partial charge in [-0.2, -0.15) is 0 Å². The molecular formula is C19H22N4O2. The Bertz CT molecular complexity index is 782. The lowest BCUT2D eigenvalue weighted by atomic mass is 9.94. The minimum atomic E-state index is -0.121. The third-order valence-corrected chi connectivity index (χ3v) is 5.14. The SMILES string of the molecule is Cc1cc[nH]c1C(=O)NC[C@@H]1CC(=O)N(C2CC2)[C@H]1c1cccnc1. The van der Waals surface area contributed by atoms with Crippen LogP contribution in [0.3, 0.4) is 0 Å². The summed E-state index contributed by atoms with van der Waals surface area (Å²) in [5.41, 5.74) is 2.56. The van der Waals surface area contributed by atoms with Crippen molar-refractivity contribution in [2.75, 3.05) is 6.54 Å². The Morgan fingerprint density at radius 1 is 1.40 bits per heavy atom. The third kappa shape index (κ3) is 3.04. The van der Waals surface area contributed by atoms with E-state index in [1.54, 1.807) is 12.4 Å². The molecule has 1 saturated heterocycles. The highest BCUT2D eigenvalue weighted by molar-refractivity contribution is 5.93. The molecule has 1 aliphatic carbocycles. The normalized spacial score (nSPS) is 23.1. The van der Waals surface area contributed by atoms with Crippen LogP contribution in [0.2, 0.25) is 0 Å². The van der Waals surface area contributed by atoms with Gasteiger partial charge in [-0.05, 0) is 43.0 Å². The molecule has 2 N–H and O–H groups in total. The Morgan fingerprint density at radius 2 is 2.24 bits per heavy atom. The van der Waals surface area contributed by atoms with Crippen LogP contribution < -0.4 is 5.32 Å². The fraction of sp³-hybridized carbons (Fsp3) is 0.421. The molecule has 2 aromatic rings. The second kappa shape index (κ2) is 6.35. The molecule has 2 aromatic heterocycles. The maximum atomic E-state index is 12.6. The highest BCUT2D eigenvalue weighted by Crippen LogP contribution is 2.44. The van der Waals surface area contributed by atoms with E-state index in [-0.39, 0.29) is 23.8 Å². The fourth-order valence-electron chi connectivity index (χ4n) is 3.78. The van der Waals surface area contributed by atoms with E-state index in [0.717, 1.165) is 24.0 Å². The van der Waals surface area contributed by atoms with E-state index in [1.165, 1.54) is 0 Å². The average molecular weight is 338 g/mol. The first-order valence-electron chi connectivity index (χ1n) is 8.78. The van der Waals surface area contributed by atoms with Crippen molar-refractivity contribution in [3.05, 3.63) is 53.6 Å². The molecule has 6 nitrogen and oxygen atoms in total. The molecule has 0 unspecified atom stereocenters. The number of amides is 2. The Hall–Kier alpha value is -2.63. The van der Waals surface area contributed by atoms with Crippen LogP contribution in [0.1, 0.15) is 46.9 Å². The van der Waals surface area contributed by atoms with Crippen molar-refractivity contribution in [1.82, 2.24) is 20.2 Å². The van der Waals surface area contributed by atoms with Crippen molar-refractivity contribution in [3.63, 3.8) is 0 Å². The first kappa shape index (κ1) is 15.9. The van der Waals surface area contributed by atoms with Crippen LogP contribution in [0.5, 0.6) is 0 Å². The van der Waals surface area contributed by atoms with Gasteiger partial charge in [0.15, 0.2) is 0 Å². The minimum Gasteiger partial charge on any atom is -0.357 e. The number of hydrogen-bond donors (Lipinski definition) is 2. The summed E-state index contributed by atoms with van der Waals surface area (Å²) in [6, 6.07) is 6.15. The number of carbonyl (C=O) groups is 2. The Kier molecular flexibility index (Phi) is 4.03. The number of nitrogens with one attached hydrogen (secondary N) is 2. The van der Waals surface area contributed by atoms with Crippen molar-refractivity contribution < 1.29 is 9.59 Å². The minimum absolute atomic E-state index is 0.00117. The number of pyridine rings is 1. The Morgan fingerprint density at radius 3 is 2.88 bits per heavy atom. The third-order valence-electron chi connectivity index (χ3n) is 5.14. The molecule has 1 aliphatic heterocycles. The molecule has 130 valence electrons. The molecule has 2 fully saturated rings. The van der Waals surface area contributed by atoms with Crippen molar-refractivity contribution in [3.8, 4) is 0 Å². The van der Waals surface area contributed by atoms with Gasteiger partial charge >= 0.3 is 0 Å². The summed E-state index contributed by atoms with van der Waals surface area (Å²) < 4.78 is 0. The molecule has 0 radical (unpaired) electrons. The van der Waals surface area contributed by atoms with Gasteiger partial charge in [-0.3, -0.25) is 14.6 Å². The lowest BCUT2D eigenvalue weighted by Crippen LogP contribution is -2.35. The largest absolute Gasteiger partial charge is 0.357 e. The van der Waals surface area contributed by atoms with Gasteiger partial charge in [-0.1, -0.05) is 6.07 Å². The van der Waals surface area contributed by atoms with Crippen LogP contribution in [0.15, 0.2) is 36.8 Å². The molecule has 3 heterocycles. The van der Waals surface area contributed by atoms with Gasteiger partial charge < -0.3 is 15.2 Å². The molecule has 0 bridgehead atoms. The lowest BCUT2D eigenvalue weighted by Gasteiger charge is -2.28. The highest BCUT2D eigenvalue weighted by Gasteiger charge is 2.47. The summed E-state index contributed by atoms with van der Waals surface area (Å²) in [5.74, 6) is 0.132. The van der Waals surface area contributed by atoms with Crippen LogP contribution >= 0.6 is 0 Å². The van der Waals surface area contributed by atoms with E-state index in [2.05, 4.69) is 15.3 Å². The maximum Gasteiger partial charge on any atom is 0.267 e. The van der Waals surface area contributed by atoms with Gasteiger partial charge in [0.2, 0.25) is 5.91 Å². The van der Waals surface area contributed by atoms with Crippen LogP contribution in [-0.2, 0) is 4.79 Å². The van der Waals surface area contributed by atoms with E-state index < -0.39 is 0 Å². The van der Waals surface area contributed by atoms with Gasteiger partial charge in [-0.15, -0.1) is 0 Å². The fourth-order valence-corrected chi connectivity index (χ4v) is 3.78. The Balaban J connectivity index is 1.52. The molecule has 0 aromatic carbocycles. The molecule has 2 atom stereocenters. The lowest BCUT2D eigenvalue weighted by molar-refractivity contribution is -0.129. The van der Waals surface area contributed by atoms with E-state index in [1.807, 2.05) is 36.2 Å². The van der Waals surface area contributed by atoms with Crippen LogP contribution in [0.4, 0.5) is 0 Å². The smallest absolute Gasteiger partial charge is 0.267 e. The number of likely N-dealkylation sites (tertiary alicyclic amines) is 1. The number of aromatic nitrogens is 2. The van der Waals surface area contributed by atoms with Crippen molar-refractivity contribution >= 4 is 11.8 Å². The quantitative estimate of drug-likeness (QED) is 0.877. The van der Waals surface area contributed by atoms with E-state index in [0.29, 0.717) is 24.7 Å². The van der Waals surface area contributed by atoms with Crippen LogP contribution in [0.25, 0.3) is 0 Å². The molecule has 2 amide bonds. The number of rotatable bonds is 5. The maximum absolute atomic E-state index is 12.6. The van der Waals surface area contributed by atoms with Crippen LogP contribution in [-0.4, -0.2) is 39.3 Å². The van der Waals surface area contributed by atoms with Gasteiger partial charge in [0.05, 0.1) is 6.04 Å². The zero-order valence-corrected chi connectivity index (χ0v) is 14.2. The highest BCUT2D eigenvalue weighted by atomic mass is 16.2. The molecule has 1 saturated carbocycles. The predicted octanol–water partition coefficient (Wildman–Crippen LogP) is 2.20. The molecule has 25 heavy (non-hydrogen) atoms. The number of carbonyl (C=O) groups excluding carboxylic acids is 2. The van der Waals surface area contributed by atoms with Gasteiger partial charge in [0, 0.05) is 43.5 Å². The molecular weight excluding hydrogens is 316 g/mol. The summed E-state index contributed by atoms with van der Waals surface area (Å²) in [4.78, 5) is 34.2. The summed E-state index contributed by atoms with van der Waals surface area (Å²) in [7, 11) is 0. The standard InChI is InChI=1S/C19H22N4O2/c1-12-6-8-21-17(12)19(25)22-11-14-9-16(24)23(15-4-5-15)18(14)13-3-2-7-20-10-13/h2-3,6-8,10,14-15,18,21H,4-5,9,11H2,1H3,(H,22,25)/t14-,18-/m0/s1. The van der Waals surface area contributed by atoms with Gasteiger partial charge in [0.1, 0.15) is 5.69 Å². The summed E-state index contributed by atoms with van der Waals surface area (Å²) in [6.45, 7) is 2.38. The topological polar surface area (TPSA) is 78.1 Å². The van der Waals surface area contributed by atoms with Crippen molar-refractivity contribution in [2.24, 2.45) is 5.92 Å². The zero-order valence-electron chi connectivity index (χ0n) is 14.2. The second-order valence-electron chi connectivity index (χ2n) is 6.97. The number of nitrogens with zero attached hydrogens (tertiary/aromatic N) is 2. The monoisotopic (exact) mass is 338 g/mol. The van der Waals surface area contributed by atoms with E-state index in [4.69, 9.17) is 0 Å². The molecule has 4 rings (SSSR count). The summed E-state index contributed by atoms with van der Waals surface area (Å²) in [6.07, 6.45) is 7.96. The van der Waals surface area contributed by atoms with E-state index in [9.17, 15) is 9.59 Å². The first-order valence-corrected chi connectivity index (χ1v) is 8.78. The van der Waals surface area contributed by atoms with Crippen LogP contribution in [0, 0.1) is 12.8 Å². The van der Waals surface area contributed by atoms with Gasteiger partial charge in [0.25, 0.3) is 5.91 Å². The molecule has 0 spiro atoms. The first-order chi connectivity index (χ1) is 12.1. The van der Waals surface area contributed by atoms with Crippen molar-refractivity contribution in [2.45, 2.75) is 38.3 Å². The molecule has 2 aliphatic rings. The number of aromatic amines is 1. The summed E-state index contributed by atoms with van der Waals surface area (Å²) in [5, 5.41) is 3.00. The average Bonchev–Trinajstić information content (AvgIpc) is 3.27. The van der Waals surface area contributed by atoms with Gasteiger partial charge in [-0.25, -0.2) is 0 Å². The van der Waals surface area contributed by atoms with Crippen molar-refractivity contribution in [1.29, 1.82) is 0 Å². The number of aryl methyl sites for hydroxylation is 1. The molecule has 6 heteroatoms. The summed E-state index contributed by atoms with van der Waals surface area (Å²) >= 11 is 0.